The Bertz CT molecular complexity index is 439. The van der Waals surface area contributed by atoms with E-state index in [0.29, 0.717) is 17.6 Å². The van der Waals surface area contributed by atoms with Gasteiger partial charge in [0.05, 0.1) is 18.2 Å². The number of likely N-dealkylation sites (tertiary alicyclic amines) is 1. The van der Waals surface area contributed by atoms with Gasteiger partial charge in [-0.05, 0) is 57.4 Å². The number of benzene rings is 1. The first-order valence-corrected chi connectivity index (χ1v) is 7.59. The lowest BCUT2D eigenvalue weighted by Crippen LogP contribution is -2.44. The summed E-state index contributed by atoms with van der Waals surface area (Å²) in [6.45, 7) is 6.51. The summed E-state index contributed by atoms with van der Waals surface area (Å²) in [5, 5.41) is 8.74. The fraction of sp³-hybridized carbons (Fsp3) is 0.588. The molecule has 20 heavy (non-hydrogen) atoms. The zero-order valence-electron chi connectivity index (χ0n) is 12.5. The standard InChI is InChI=1S/C17H24N2O/c1-14-5-3-6-15(2)19(14)11-4-12-20-17-9-7-16(13-18)8-10-17/h7-10,14-15H,3-6,11-12H2,1-2H3. The molecule has 0 aliphatic carbocycles. The third-order valence-corrected chi connectivity index (χ3v) is 4.19. The quantitative estimate of drug-likeness (QED) is 0.769. The van der Waals surface area contributed by atoms with Gasteiger partial charge in [-0.3, -0.25) is 4.90 Å². The molecule has 1 aliphatic rings. The number of hydrogen-bond acceptors (Lipinski definition) is 3. The van der Waals surface area contributed by atoms with Crippen LogP contribution in [0, 0.1) is 11.3 Å². The SMILES string of the molecule is CC1CCCC(C)N1CCCOc1ccc(C#N)cc1. The summed E-state index contributed by atoms with van der Waals surface area (Å²) in [6.07, 6.45) is 5.05. The molecule has 1 aromatic rings. The number of rotatable bonds is 5. The van der Waals surface area contributed by atoms with Gasteiger partial charge in [0.2, 0.25) is 0 Å². The van der Waals surface area contributed by atoms with E-state index < -0.39 is 0 Å². The summed E-state index contributed by atoms with van der Waals surface area (Å²) < 4.78 is 5.73. The molecular weight excluding hydrogens is 248 g/mol. The second-order valence-corrected chi connectivity index (χ2v) is 5.70. The van der Waals surface area contributed by atoms with Crippen LogP contribution < -0.4 is 4.74 Å². The topological polar surface area (TPSA) is 36.3 Å². The molecule has 1 aliphatic heterocycles. The highest BCUT2D eigenvalue weighted by atomic mass is 16.5. The van der Waals surface area contributed by atoms with Gasteiger partial charge in [0, 0.05) is 18.6 Å². The van der Waals surface area contributed by atoms with Gasteiger partial charge in [-0.25, -0.2) is 0 Å². The Labute approximate surface area is 122 Å². The maximum Gasteiger partial charge on any atom is 0.119 e. The van der Waals surface area contributed by atoms with Crippen LogP contribution in [0.2, 0.25) is 0 Å². The fourth-order valence-corrected chi connectivity index (χ4v) is 2.98. The Kier molecular flexibility index (Phi) is 5.43. The van der Waals surface area contributed by atoms with Crippen LogP contribution in [0.3, 0.4) is 0 Å². The number of piperidine rings is 1. The van der Waals surface area contributed by atoms with Crippen LogP contribution in [0.5, 0.6) is 5.75 Å². The molecule has 1 heterocycles. The predicted octanol–water partition coefficient (Wildman–Crippen LogP) is 3.59. The summed E-state index contributed by atoms with van der Waals surface area (Å²) in [6, 6.07) is 10.8. The summed E-state index contributed by atoms with van der Waals surface area (Å²) in [5.41, 5.74) is 0.674. The molecule has 1 saturated heterocycles. The molecule has 2 rings (SSSR count). The van der Waals surface area contributed by atoms with Gasteiger partial charge in [-0.1, -0.05) is 6.42 Å². The number of nitriles is 1. The van der Waals surface area contributed by atoms with Gasteiger partial charge in [0.15, 0.2) is 0 Å². The van der Waals surface area contributed by atoms with E-state index in [1.807, 2.05) is 12.1 Å². The summed E-state index contributed by atoms with van der Waals surface area (Å²) >= 11 is 0. The molecule has 0 amide bonds. The summed E-state index contributed by atoms with van der Waals surface area (Å²) in [5.74, 6) is 0.851. The van der Waals surface area contributed by atoms with Crippen LogP contribution in [0.1, 0.15) is 45.1 Å². The van der Waals surface area contributed by atoms with Gasteiger partial charge in [-0.2, -0.15) is 5.26 Å². The minimum absolute atomic E-state index is 0.674. The Morgan fingerprint density at radius 1 is 1.20 bits per heavy atom. The fourth-order valence-electron chi connectivity index (χ4n) is 2.98. The predicted molar refractivity (Wildman–Crippen MR) is 80.8 cm³/mol. The molecule has 1 aromatic carbocycles. The molecule has 0 spiro atoms. The van der Waals surface area contributed by atoms with Crippen LogP contribution in [-0.4, -0.2) is 30.1 Å². The van der Waals surface area contributed by atoms with Crippen molar-refractivity contribution in [3.63, 3.8) is 0 Å². The van der Waals surface area contributed by atoms with Crippen LogP contribution >= 0.6 is 0 Å². The molecule has 1 fully saturated rings. The molecule has 0 saturated carbocycles. The Morgan fingerprint density at radius 2 is 1.85 bits per heavy atom. The lowest BCUT2D eigenvalue weighted by atomic mass is 9.97. The average molecular weight is 272 g/mol. The Balaban J connectivity index is 1.71. The molecule has 2 unspecified atom stereocenters. The largest absolute Gasteiger partial charge is 0.494 e. The maximum atomic E-state index is 8.74. The monoisotopic (exact) mass is 272 g/mol. The average Bonchev–Trinajstić information content (AvgIpc) is 2.46. The number of ether oxygens (including phenoxy) is 1. The van der Waals surface area contributed by atoms with Crippen LogP contribution in [0.25, 0.3) is 0 Å². The number of hydrogen-bond donors (Lipinski definition) is 0. The van der Waals surface area contributed by atoms with Gasteiger partial charge >= 0.3 is 0 Å². The Hall–Kier alpha value is -1.53. The number of nitrogens with zero attached hydrogens (tertiary/aromatic N) is 2. The van der Waals surface area contributed by atoms with E-state index in [9.17, 15) is 0 Å². The second kappa shape index (κ2) is 7.31. The van der Waals surface area contributed by atoms with E-state index >= 15 is 0 Å². The van der Waals surface area contributed by atoms with E-state index in [2.05, 4.69) is 24.8 Å². The van der Waals surface area contributed by atoms with Gasteiger partial charge in [0.25, 0.3) is 0 Å². The minimum Gasteiger partial charge on any atom is -0.494 e. The van der Waals surface area contributed by atoms with Crippen molar-refractivity contribution in [2.45, 2.75) is 51.6 Å². The van der Waals surface area contributed by atoms with Crippen molar-refractivity contribution >= 4 is 0 Å². The zero-order chi connectivity index (χ0) is 14.4. The Morgan fingerprint density at radius 3 is 2.45 bits per heavy atom. The van der Waals surface area contributed by atoms with E-state index in [1.165, 1.54) is 19.3 Å². The van der Waals surface area contributed by atoms with E-state index in [4.69, 9.17) is 10.00 Å². The highest BCUT2D eigenvalue weighted by molar-refractivity contribution is 5.34. The minimum atomic E-state index is 0.674. The first-order chi connectivity index (χ1) is 9.70. The molecule has 108 valence electrons. The van der Waals surface area contributed by atoms with Gasteiger partial charge < -0.3 is 4.74 Å². The van der Waals surface area contributed by atoms with Gasteiger partial charge in [0.1, 0.15) is 5.75 Å². The van der Waals surface area contributed by atoms with Crippen LogP contribution in [-0.2, 0) is 0 Å². The highest BCUT2D eigenvalue weighted by Gasteiger charge is 2.23. The second-order valence-electron chi connectivity index (χ2n) is 5.70. The maximum absolute atomic E-state index is 8.74. The van der Waals surface area contributed by atoms with Crippen molar-refractivity contribution in [1.82, 2.24) is 4.90 Å². The van der Waals surface area contributed by atoms with Crippen LogP contribution in [0.15, 0.2) is 24.3 Å². The lowest BCUT2D eigenvalue weighted by Gasteiger charge is -2.39. The molecule has 0 bridgehead atoms. The third kappa shape index (κ3) is 3.98. The van der Waals surface area contributed by atoms with Crippen molar-refractivity contribution in [3.8, 4) is 11.8 Å². The summed E-state index contributed by atoms with van der Waals surface area (Å²) in [4.78, 5) is 2.60. The molecular formula is C17H24N2O. The molecule has 3 heteroatoms. The van der Waals surface area contributed by atoms with Gasteiger partial charge in [-0.15, -0.1) is 0 Å². The highest BCUT2D eigenvalue weighted by Crippen LogP contribution is 2.22. The van der Waals surface area contributed by atoms with Crippen molar-refractivity contribution in [3.05, 3.63) is 29.8 Å². The molecule has 0 N–H and O–H groups in total. The normalized spacial score (nSPS) is 23.2. The first-order valence-electron chi connectivity index (χ1n) is 7.59. The van der Waals surface area contributed by atoms with E-state index in [0.717, 1.165) is 25.3 Å². The van der Waals surface area contributed by atoms with E-state index in [-0.39, 0.29) is 0 Å². The lowest BCUT2D eigenvalue weighted by molar-refractivity contribution is 0.0961. The van der Waals surface area contributed by atoms with Crippen molar-refractivity contribution in [2.75, 3.05) is 13.2 Å². The summed E-state index contributed by atoms with van der Waals surface area (Å²) in [7, 11) is 0. The van der Waals surface area contributed by atoms with Crippen molar-refractivity contribution < 1.29 is 4.74 Å². The zero-order valence-corrected chi connectivity index (χ0v) is 12.5. The smallest absolute Gasteiger partial charge is 0.119 e. The molecule has 0 aromatic heterocycles. The molecule has 3 nitrogen and oxygen atoms in total. The first kappa shape index (κ1) is 14.9. The molecule has 2 atom stereocenters. The van der Waals surface area contributed by atoms with E-state index in [1.54, 1.807) is 12.1 Å². The van der Waals surface area contributed by atoms with Crippen LogP contribution in [0.4, 0.5) is 0 Å². The molecule has 0 radical (unpaired) electrons. The van der Waals surface area contributed by atoms with Crippen molar-refractivity contribution in [2.24, 2.45) is 0 Å². The van der Waals surface area contributed by atoms with Crippen molar-refractivity contribution in [1.29, 1.82) is 5.26 Å². The third-order valence-electron chi connectivity index (χ3n) is 4.19.